The number of alkyl halides is 3. The van der Waals surface area contributed by atoms with Gasteiger partial charge in [-0.15, -0.1) is 0 Å². The van der Waals surface area contributed by atoms with Crippen LogP contribution in [0.1, 0.15) is 42.3 Å². The second-order valence-corrected chi connectivity index (χ2v) is 8.96. The molecule has 2 aromatic heterocycles. The van der Waals surface area contributed by atoms with Gasteiger partial charge in [-0.3, -0.25) is 4.40 Å². The number of nitrogens with two attached hydrogens (primary N) is 1. The molecule has 2 N–H and O–H groups in total. The van der Waals surface area contributed by atoms with Gasteiger partial charge in [0.1, 0.15) is 21.7 Å². The highest BCUT2D eigenvalue weighted by atomic mass is 79.9. The molecule has 4 rings (SSSR count). The van der Waals surface area contributed by atoms with E-state index in [4.69, 9.17) is 22.1 Å². The Kier molecular flexibility index (Phi) is 6.52. The highest BCUT2D eigenvalue weighted by molar-refractivity contribution is 9.10. The van der Waals surface area contributed by atoms with Crippen LogP contribution in [0.5, 0.6) is 5.75 Å². The molecule has 0 saturated heterocycles. The molecule has 0 saturated carbocycles. The molecule has 0 aliphatic heterocycles. The summed E-state index contributed by atoms with van der Waals surface area (Å²) in [5.41, 5.74) is 8.13. The van der Waals surface area contributed by atoms with E-state index in [-0.39, 0.29) is 5.92 Å². The van der Waals surface area contributed by atoms with E-state index in [0.717, 1.165) is 12.1 Å². The Morgan fingerprint density at radius 1 is 1.26 bits per heavy atom. The van der Waals surface area contributed by atoms with E-state index in [1.165, 1.54) is 6.07 Å². The van der Waals surface area contributed by atoms with E-state index in [1.54, 1.807) is 31.5 Å². The molecule has 34 heavy (non-hydrogen) atoms. The maximum atomic E-state index is 13.4. The third-order valence-corrected chi connectivity index (χ3v) is 6.64. The Labute approximate surface area is 207 Å². The second kappa shape index (κ2) is 9.11. The molecule has 0 spiro atoms. The zero-order valence-electron chi connectivity index (χ0n) is 18.5. The Balaban J connectivity index is 1.97. The van der Waals surface area contributed by atoms with Crippen LogP contribution in [0.15, 0.2) is 47.3 Å². The van der Waals surface area contributed by atoms with Gasteiger partial charge in [0.05, 0.1) is 12.2 Å². The third kappa shape index (κ3) is 4.22. The van der Waals surface area contributed by atoms with Crippen molar-refractivity contribution in [1.82, 2.24) is 14.4 Å². The number of imidazole rings is 1. The maximum Gasteiger partial charge on any atom is 0.416 e. The molecule has 10 heteroatoms. The molecule has 2 heterocycles. The van der Waals surface area contributed by atoms with Crippen molar-refractivity contribution in [2.24, 2.45) is 0 Å². The van der Waals surface area contributed by atoms with Crippen LogP contribution in [0, 0.1) is 6.92 Å². The van der Waals surface area contributed by atoms with Gasteiger partial charge < -0.3 is 10.5 Å². The minimum absolute atomic E-state index is 0.315. The van der Waals surface area contributed by atoms with E-state index >= 15 is 0 Å². The smallest absolute Gasteiger partial charge is 0.416 e. The number of anilines is 1. The van der Waals surface area contributed by atoms with Crippen molar-refractivity contribution in [1.29, 1.82) is 0 Å². The lowest BCUT2D eigenvalue weighted by Crippen LogP contribution is -2.09. The van der Waals surface area contributed by atoms with E-state index in [2.05, 4.69) is 25.9 Å². The number of fused-ring (bicyclic) bond motifs is 1. The predicted octanol–water partition coefficient (Wildman–Crippen LogP) is 7.27. The largest absolute Gasteiger partial charge is 0.493 e. The minimum atomic E-state index is -4.47. The fraction of sp³-hybridized carbons (Fsp3) is 0.250. The van der Waals surface area contributed by atoms with Crippen molar-refractivity contribution < 1.29 is 17.9 Å². The van der Waals surface area contributed by atoms with Crippen molar-refractivity contribution in [3.05, 3.63) is 74.9 Å². The summed E-state index contributed by atoms with van der Waals surface area (Å²) in [5, 5.41) is 0.416. The lowest BCUT2D eigenvalue weighted by atomic mass is 9.90. The number of rotatable bonds is 5. The lowest BCUT2D eigenvalue weighted by molar-refractivity contribution is -0.137. The number of ether oxygens (including phenoxy) is 1. The van der Waals surface area contributed by atoms with Crippen molar-refractivity contribution in [3.63, 3.8) is 0 Å². The van der Waals surface area contributed by atoms with E-state index < -0.39 is 11.7 Å². The van der Waals surface area contributed by atoms with Gasteiger partial charge >= 0.3 is 6.18 Å². The van der Waals surface area contributed by atoms with Crippen LogP contribution < -0.4 is 10.5 Å². The number of halogens is 5. The number of hydrogen-bond donors (Lipinski definition) is 1. The molecule has 1 atom stereocenters. The summed E-state index contributed by atoms with van der Waals surface area (Å²) in [5.74, 6) is 1.08. The molecule has 0 aliphatic carbocycles. The van der Waals surface area contributed by atoms with Gasteiger partial charge in [-0.25, -0.2) is 9.97 Å². The first-order valence-electron chi connectivity index (χ1n) is 10.5. The molecule has 0 fully saturated rings. The molecule has 178 valence electrons. The first kappa shape index (κ1) is 24.3. The average molecular weight is 554 g/mol. The number of nitrogens with zero attached hydrogens (tertiary/aromatic N) is 3. The molecule has 0 bridgehead atoms. The van der Waals surface area contributed by atoms with Gasteiger partial charge in [-0.2, -0.15) is 13.2 Å². The topological polar surface area (TPSA) is 65.4 Å². The summed E-state index contributed by atoms with van der Waals surface area (Å²) >= 11 is 10.1. The van der Waals surface area contributed by atoms with Crippen molar-refractivity contribution in [2.75, 3.05) is 12.3 Å². The summed E-state index contributed by atoms with van der Waals surface area (Å²) in [6, 6.07) is 6.94. The fourth-order valence-corrected chi connectivity index (χ4v) is 4.84. The Morgan fingerprint density at radius 3 is 2.68 bits per heavy atom. The SMILES string of the molecule is CCOc1c(C(C)c2nc(Br)c3c(N)nccn23)cc(Cl)c(C)c1-c1cccc(C(F)(F)F)c1. The van der Waals surface area contributed by atoms with Crippen LogP contribution in [-0.4, -0.2) is 21.0 Å². The van der Waals surface area contributed by atoms with Crippen LogP contribution >= 0.6 is 27.5 Å². The lowest BCUT2D eigenvalue weighted by Gasteiger charge is -2.22. The van der Waals surface area contributed by atoms with E-state index in [1.807, 2.05) is 18.2 Å². The summed E-state index contributed by atoms with van der Waals surface area (Å²) in [6.45, 7) is 5.83. The van der Waals surface area contributed by atoms with Crippen LogP contribution in [0.25, 0.3) is 16.6 Å². The first-order valence-corrected chi connectivity index (χ1v) is 11.6. The Bertz CT molecular complexity index is 1390. The standard InChI is InChI=1S/C24H21BrClF3N4O/c1-4-34-20-16(12(2)23-32-21(25)19-22(30)31-8-9-33(19)23)11-17(26)13(3)18(20)14-6-5-7-15(10-14)24(27,28)29/h5-12H,4H2,1-3H3,(H2,30,31). The highest BCUT2D eigenvalue weighted by Crippen LogP contribution is 2.45. The number of nitrogen functional groups attached to an aromatic ring is 1. The first-order chi connectivity index (χ1) is 16.0. The zero-order chi connectivity index (χ0) is 24.8. The summed E-state index contributed by atoms with van der Waals surface area (Å²) in [4.78, 5) is 8.76. The molecule has 5 nitrogen and oxygen atoms in total. The minimum Gasteiger partial charge on any atom is -0.493 e. The van der Waals surface area contributed by atoms with Gasteiger partial charge in [-0.1, -0.05) is 30.7 Å². The third-order valence-electron chi connectivity index (χ3n) is 5.69. The van der Waals surface area contributed by atoms with Crippen LogP contribution in [0.4, 0.5) is 19.0 Å². The monoisotopic (exact) mass is 552 g/mol. The molecular weight excluding hydrogens is 533 g/mol. The van der Waals surface area contributed by atoms with Gasteiger partial charge in [0.25, 0.3) is 0 Å². The molecule has 0 amide bonds. The fourth-order valence-electron chi connectivity index (χ4n) is 4.05. The van der Waals surface area contributed by atoms with Crippen molar-refractivity contribution in [2.45, 2.75) is 32.9 Å². The number of hydrogen-bond acceptors (Lipinski definition) is 4. The highest BCUT2D eigenvalue weighted by Gasteiger charge is 2.32. The normalized spacial score (nSPS) is 12.8. The van der Waals surface area contributed by atoms with Crippen LogP contribution in [-0.2, 0) is 6.18 Å². The van der Waals surface area contributed by atoms with Gasteiger partial charge in [-0.05, 0) is 59.1 Å². The maximum absolute atomic E-state index is 13.4. The predicted molar refractivity (Wildman–Crippen MR) is 130 cm³/mol. The van der Waals surface area contributed by atoms with Crippen LogP contribution in [0.2, 0.25) is 5.02 Å². The molecule has 0 aliphatic rings. The molecule has 4 aromatic rings. The van der Waals surface area contributed by atoms with Gasteiger partial charge in [0.2, 0.25) is 0 Å². The Hall–Kier alpha value is -2.78. The molecule has 1 unspecified atom stereocenters. The zero-order valence-corrected chi connectivity index (χ0v) is 20.9. The summed E-state index contributed by atoms with van der Waals surface area (Å²) in [7, 11) is 0. The summed E-state index contributed by atoms with van der Waals surface area (Å²) < 4.78 is 48.7. The van der Waals surface area contributed by atoms with Crippen molar-refractivity contribution in [3.8, 4) is 16.9 Å². The molecule has 0 radical (unpaired) electrons. The van der Waals surface area contributed by atoms with Crippen LogP contribution in [0.3, 0.4) is 0 Å². The van der Waals surface area contributed by atoms with Gasteiger partial charge in [0, 0.05) is 34.5 Å². The quantitative estimate of drug-likeness (QED) is 0.282. The number of benzene rings is 2. The molecular formula is C24H21BrClF3N4O. The van der Waals surface area contributed by atoms with E-state index in [9.17, 15) is 13.2 Å². The average Bonchev–Trinajstić information content (AvgIpc) is 3.13. The number of aromatic nitrogens is 3. The summed E-state index contributed by atoms with van der Waals surface area (Å²) in [6.07, 6.45) is -1.15. The van der Waals surface area contributed by atoms with Crippen molar-refractivity contribution >= 4 is 38.9 Å². The van der Waals surface area contributed by atoms with Gasteiger partial charge in [0.15, 0.2) is 5.82 Å². The molecule has 2 aromatic carbocycles. The Morgan fingerprint density at radius 2 is 2.00 bits per heavy atom. The van der Waals surface area contributed by atoms with E-state index in [0.29, 0.717) is 61.4 Å². The second-order valence-electron chi connectivity index (χ2n) is 7.80.